The van der Waals surface area contributed by atoms with E-state index < -0.39 is 0 Å². The van der Waals surface area contributed by atoms with Crippen LogP contribution in [0.2, 0.25) is 0 Å². The van der Waals surface area contributed by atoms with E-state index in [1.165, 1.54) is 0 Å². The Kier molecular flexibility index (Phi) is 5.28. The maximum Gasteiger partial charge on any atom is 0.234 e. The van der Waals surface area contributed by atoms with Crippen molar-refractivity contribution < 1.29 is 4.79 Å². The number of nitrogens with zero attached hydrogens (tertiary/aromatic N) is 1. The molecule has 0 saturated heterocycles. The average Bonchev–Trinajstić information content (AvgIpc) is 2.36. The second-order valence-corrected chi connectivity index (χ2v) is 5.14. The van der Waals surface area contributed by atoms with Crippen molar-refractivity contribution in [1.29, 1.82) is 0 Å². The zero-order valence-electron chi connectivity index (χ0n) is 11.7. The lowest BCUT2D eigenvalue weighted by Gasteiger charge is -2.25. The number of pyridine rings is 1. The van der Waals surface area contributed by atoms with Crippen LogP contribution in [0.15, 0.2) is 24.4 Å². The highest BCUT2D eigenvalue weighted by Crippen LogP contribution is 2.08. The van der Waals surface area contributed by atoms with Gasteiger partial charge >= 0.3 is 0 Å². The molecule has 0 radical (unpaired) electrons. The summed E-state index contributed by atoms with van der Waals surface area (Å²) in [6, 6.07) is 5.85. The third kappa shape index (κ3) is 4.84. The molecule has 2 N–H and O–H groups in total. The van der Waals surface area contributed by atoms with E-state index >= 15 is 0 Å². The van der Waals surface area contributed by atoms with Crippen LogP contribution in [0.5, 0.6) is 0 Å². The maximum atomic E-state index is 11.8. The van der Waals surface area contributed by atoms with Crippen LogP contribution in [0.4, 0.5) is 0 Å². The molecule has 1 aromatic rings. The summed E-state index contributed by atoms with van der Waals surface area (Å²) in [5, 5.41) is 6.16. The number of hydrogen-bond donors (Lipinski definition) is 2. The first-order valence-electron chi connectivity index (χ1n) is 6.40. The van der Waals surface area contributed by atoms with Gasteiger partial charge in [0.25, 0.3) is 0 Å². The van der Waals surface area contributed by atoms with Crippen molar-refractivity contribution in [3.05, 3.63) is 30.1 Å². The molecule has 0 fully saturated rings. The smallest absolute Gasteiger partial charge is 0.234 e. The van der Waals surface area contributed by atoms with Crippen molar-refractivity contribution in [3.8, 4) is 0 Å². The van der Waals surface area contributed by atoms with Gasteiger partial charge in [0.05, 0.1) is 12.2 Å². The number of amides is 1. The van der Waals surface area contributed by atoms with Crippen LogP contribution in [-0.4, -0.2) is 23.0 Å². The fraction of sp³-hybridized carbons (Fsp3) is 0.571. The summed E-state index contributed by atoms with van der Waals surface area (Å²) < 4.78 is 0. The predicted molar refractivity (Wildman–Crippen MR) is 73.2 cm³/mol. The van der Waals surface area contributed by atoms with E-state index in [1.54, 1.807) is 6.20 Å². The molecule has 0 bridgehead atoms. The highest BCUT2D eigenvalue weighted by atomic mass is 16.2. The predicted octanol–water partition coefficient (Wildman–Crippen LogP) is 2.04. The van der Waals surface area contributed by atoms with Gasteiger partial charge in [-0.15, -0.1) is 0 Å². The fourth-order valence-corrected chi connectivity index (χ4v) is 1.49. The van der Waals surface area contributed by atoms with Crippen molar-refractivity contribution in [3.63, 3.8) is 0 Å². The number of nitrogens with one attached hydrogen (secondary N) is 2. The second kappa shape index (κ2) is 6.50. The Morgan fingerprint density at radius 3 is 2.72 bits per heavy atom. The number of hydrogen-bond acceptors (Lipinski definition) is 3. The Balaban J connectivity index is 2.39. The summed E-state index contributed by atoms with van der Waals surface area (Å²) >= 11 is 0. The molecule has 1 atom stereocenters. The summed E-state index contributed by atoms with van der Waals surface area (Å²) in [5.74, 6) is 0.0182. The van der Waals surface area contributed by atoms with Crippen LogP contribution in [0.3, 0.4) is 0 Å². The molecule has 1 heterocycles. The van der Waals surface area contributed by atoms with Crippen molar-refractivity contribution in [2.75, 3.05) is 6.54 Å². The van der Waals surface area contributed by atoms with Crippen molar-refractivity contribution in [2.24, 2.45) is 0 Å². The summed E-state index contributed by atoms with van der Waals surface area (Å²) in [7, 11) is 0. The summed E-state index contributed by atoms with van der Waals surface area (Å²) in [6.07, 6.45) is 2.67. The van der Waals surface area contributed by atoms with Gasteiger partial charge < -0.3 is 10.6 Å². The molecule has 18 heavy (non-hydrogen) atoms. The number of rotatable bonds is 6. The molecule has 4 heteroatoms. The highest BCUT2D eigenvalue weighted by Gasteiger charge is 2.18. The molecule has 1 aromatic heterocycles. The first kappa shape index (κ1) is 14.6. The van der Waals surface area contributed by atoms with Crippen LogP contribution in [0.1, 0.15) is 45.9 Å². The number of carbonyl (C=O) groups excluding carboxylic acids is 1. The molecule has 1 amide bonds. The van der Waals surface area contributed by atoms with Crippen molar-refractivity contribution in [1.82, 2.24) is 15.6 Å². The molecule has 0 unspecified atom stereocenters. The van der Waals surface area contributed by atoms with Gasteiger partial charge in [-0.05, 0) is 39.3 Å². The molecule has 0 aliphatic carbocycles. The molecule has 4 nitrogen and oxygen atoms in total. The van der Waals surface area contributed by atoms with Crippen LogP contribution in [-0.2, 0) is 4.79 Å². The molecule has 0 saturated carbocycles. The average molecular weight is 249 g/mol. The molecule has 0 spiro atoms. The standard InChI is InChI=1S/C14H23N3O/c1-5-14(3,4)17-13(18)10-16-11(2)12-8-6-7-9-15-12/h6-9,11,16H,5,10H2,1-4H3,(H,17,18)/t11-/m0/s1. The zero-order chi connectivity index (χ0) is 13.6. The lowest BCUT2D eigenvalue weighted by atomic mass is 10.0. The molecule has 1 rings (SSSR count). The van der Waals surface area contributed by atoms with Gasteiger partial charge in [0.2, 0.25) is 5.91 Å². The van der Waals surface area contributed by atoms with Crippen molar-refractivity contribution in [2.45, 2.75) is 45.7 Å². The highest BCUT2D eigenvalue weighted by molar-refractivity contribution is 5.78. The molecule has 0 aliphatic heterocycles. The van der Waals surface area contributed by atoms with E-state index in [-0.39, 0.29) is 17.5 Å². The summed E-state index contributed by atoms with van der Waals surface area (Å²) in [6.45, 7) is 8.41. The van der Waals surface area contributed by atoms with E-state index in [0.29, 0.717) is 6.54 Å². The van der Waals surface area contributed by atoms with Gasteiger partial charge in [0.1, 0.15) is 0 Å². The monoisotopic (exact) mass is 249 g/mol. The van der Waals surface area contributed by atoms with E-state index in [1.807, 2.05) is 39.0 Å². The van der Waals surface area contributed by atoms with E-state index in [0.717, 1.165) is 12.1 Å². The largest absolute Gasteiger partial charge is 0.350 e. The lowest BCUT2D eigenvalue weighted by molar-refractivity contribution is -0.122. The van der Waals surface area contributed by atoms with Gasteiger partial charge in [-0.25, -0.2) is 0 Å². The first-order valence-corrected chi connectivity index (χ1v) is 6.40. The van der Waals surface area contributed by atoms with Gasteiger partial charge in [-0.2, -0.15) is 0 Å². The quantitative estimate of drug-likeness (QED) is 0.811. The minimum absolute atomic E-state index is 0.0182. The zero-order valence-corrected chi connectivity index (χ0v) is 11.7. The van der Waals surface area contributed by atoms with E-state index in [2.05, 4.69) is 22.5 Å². The second-order valence-electron chi connectivity index (χ2n) is 5.14. The number of carbonyl (C=O) groups is 1. The van der Waals surface area contributed by atoms with Crippen molar-refractivity contribution >= 4 is 5.91 Å². The SMILES string of the molecule is CCC(C)(C)NC(=O)CN[C@@H](C)c1ccccn1. The molecular weight excluding hydrogens is 226 g/mol. The molecule has 100 valence electrons. The van der Waals surface area contributed by atoms with Gasteiger partial charge in [-0.1, -0.05) is 13.0 Å². The molecule has 0 aromatic carbocycles. The number of aromatic nitrogens is 1. The third-order valence-corrected chi connectivity index (χ3v) is 3.06. The minimum atomic E-state index is -0.146. The Bertz CT molecular complexity index is 376. The minimum Gasteiger partial charge on any atom is -0.350 e. The van der Waals surface area contributed by atoms with Crippen LogP contribution in [0.25, 0.3) is 0 Å². The van der Waals surface area contributed by atoms with E-state index in [4.69, 9.17) is 0 Å². The Labute approximate surface area is 109 Å². The van der Waals surface area contributed by atoms with E-state index in [9.17, 15) is 4.79 Å². The fourth-order valence-electron chi connectivity index (χ4n) is 1.49. The van der Waals surface area contributed by atoms with Crippen LogP contribution >= 0.6 is 0 Å². The maximum absolute atomic E-state index is 11.8. The Morgan fingerprint density at radius 2 is 2.17 bits per heavy atom. The summed E-state index contributed by atoms with van der Waals surface area (Å²) in [4.78, 5) is 16.0. The van der Waals surface area contributed by atoms with Gasteiger partial charge in [0.15, 0.2) is 0 Å². The third-order valence-electron chi connectivity index (χ3n) is 3.06. The Hall–Kier alpha value is -1.42. The lowest BCUT2D eigenvalue weighted by Crippen LogP contribution is -2.46. The Morgan fingerprint density at radius 1 is 1.44 bits per heavy atom. The van der Waals surface area contributed by atoms with Crippen LogP contribution < -0.4 is 10.6 Å². The first-order chi connectivity index (χ1) is 8.44. The molecular formula is C14H23N3O. The normalized spacial score (nSPS) is 13.1. The van der Waals surface area contributed by atoms with Gasteiger partial charge in [0, 0.05) is 17.8 Å². The molecule has 0 aliphatic rings. The van der Waals surface area contributed by atoms with Gasteiger partial charge in [-0.3, -0.25) is 9.78 Å². The summed E-state index contributed by atoms with van der Waals surface area (Å²) in [5.41, 5.74) is 0.799. The van der Waals surface area contributed by atoms with Crippen LogP contribution in [0, 0.1) is 0 Å². The topological polar surface area (TPSA) is 54.0 Å².